The summed E-state index contributed by atoms with van der Waals surface area (Å²) >= 11 is 0. The van der Waals surface area contributed by atoms with Crippen LogP contribution in [0.15, 0.2) is 91.0 Å². The molecule has 128 valence electrons. The first-order chi connectivity index (χ1) is 12.6. The van der Waals surface area contributed by atoms with Crippen molar-refractivity contribution in [1.82, 2.24) is 0 Å². The van der Waals surface area contributed by atoms with E-state index in [9.17, 15) is 0 Å². The van der Waals surface area contributed by atoms with E-state index in [1.54, 1.807) is 5.20 Å². The van der Waals surface area contributed by atoms with Crippen molar-refractivity contribution in [3.63, 3.8) is 0 Å². The monoisotopic (exact) mass is 352 g/mol. The average Bonchev–Trinajstić information content (AvgIpc) is 3.04. The van der Waals surface area contributed by atoms with Crippen LogP contribution < -0.4 is 0 Å². The van der Waals surface area contributed by atoms with Crippen molar-refractivity contribution in [2.24, 2.45) is 0 Å². The maximum atomic E-state index is 2.46. The van der Waals surface area contributed by atoms with Crippen LogP contribution in [-0.4, -0.2) is 8.07 Å². The Morgan fingerprint density at radius 2 is 1.04 bits per heavy atom. The second-order valence-electron chi connectivity index (χ2n) is 7.87. The highest BCUT2D eigenvalue weighted by Gasteiger charge is 2.29. The minimum absolute atomic E-state index is 1.27. The van der Waals surface area contributed by atoms with Crippen molar-refractivity contribution >= 4 is 24.4 Å². The van der Waals surface area contributed by atoms with Gasteiger partial charge in [-0.15, -0.1) is 0 Å². The molecule has 1 aliphatic rings. The molecule has 3 aromatic carbocycles. The molecule has 0 atom stereocenters. The summed E-state index contributed by atoms with van der Waals surface area (Å²) in [5.41, 5.74) is 8.02. The fourth-order valence-electron chi connectivity index (χ4n) is 3.77. The minimum Gasteiger partial charge on any atom is -0.0656 e. The molecule has 0 spiro atoms. The summed E-state index contributed by atoms with van der Waals surface area (Å²) in [6, 6.07) is 30.5. The number of allylic oxidation sites excluding steroid dienone is 2. The largest absolute Gasteiger partial charge is 0.0784 e. The number of benzene rings is 3. The molecular weight excluding hydrogens is 328 g/mol. The minimum atomic E-state index is -1.44. The van der Waals surface area contributed by atoms with Gasteiger partial charge in [-0.3, -0.25) is 0 Å². The highest BCUT2D eigenvalue weighted by Crippen LogP contribution is 2.44. The molecule has 0 bridgehead atoms. The van der Waals surface area contributed by atoms with Crippen molar-refractivity contribution in [3.8, 4) is 0 Å². The molecule has 0 radical (unpaired) electrons. The second-order valence-corrected chi connectivity index (χ2v) is 12.9. The number of fused-ring (bicyclic) bond motifs is 1. The summed E-state index contributed by atoms with van der Waals surface area (Å²) in [4.78, 5) is 0. The van der Waals surface area contributed by atoms with E-state index in [4.69, 9.17) is 0 Å². The topological polar surface area (TPSA) is 0 Å². The first kappa shape index (κ1) is 16.8. The van der Waals surface area contributed by atoms with Crippen LogP contribution >= 0.6 is 0 Å². The molecule has 1 heteroatoms. The van der Waals surface area contributed by atoms with Gasteiger partial charge in [0.1, 0.15) is 0 Å². The third-order valence-electron chi connectivity index (χ3n) is 5.00. The zero-order valence-corrected chi connectivity index (χ0v) is 16.7. The van der Waals surface area contributed by atoms with Gasteiger partial charge < -0.3 is 0 Å². The molecule has 0 N–H and O–H groups in total. The molecule has 0 nitrogen and oxygen atoms in total. The zero-order valence-electron chi connectivity index (χ0n) is 15.7. The third kappa shape index (κ3) is 3.00. The van der Waals surface area contributed by atoms with Gasteiger partial charge in [0, 0.05) is 0 Å². The molecular formula is C25H24Si. The summed E-state index contributed by atoms with van der Waals surface area (Å²) in [7, 11) is -1.44. The normalized spacial score (nSPS) is 13.3. The predicted molar refractivity (Wildman–Crippen MR) is 117 cm³/mol. The lowest BCUT2D eigenvalue weighted by Crippen LogP contribution is -2.21. The van der Waals surface area contributed by atoms with Crippen LogP contribution in [0.3, 0.4) is 0 Å². The molecule has 1 aliphatic carbocycles. The molecule has 4 rings (SSSR count). The Morgan fingerprint density at radius 3 is 1.54 bits per heavy atom. The zero-order chi connectivity index (χ0) is 18.1. The van der Waals surface area contributed by atoms with Gasteiger partial charge in [-0.05, 0) is 33.4 Å². The fourth-order valence-corrected chi connectivity index (χ4v) is 5.37. The second kappa shape index (κ2) is 6.58. The van der Waals surface area contributed by atoms with Gasteiger partial charge in [-0.25, -0.2) is 0 Å². The van der Waals surface area contributed by atoms with Crippen LogP contribution in [0.25, 0.3) is 16.3 Å². The summed E-state index contributed by atoms with van der Waals surface area (Å²) < 4.78 is 0. The van der Waals surface area contributed by atoms with E-state index in [0.717, 1.165) is 0 Å². The predicted octanol–water partition coefficient (Wildman–Crippen LogP) is 6.92. The maximum absolute atomic E-state index is 2.46. The van der Waals surface area contributed by atoms with Gasteiger partial charge >= 0.3 is 0 Å². The lowest BCUT2D eigenvalue weighted by molar-refractivity contribution is 1.53. The third-order valence-corrected chi connectivity index (χ3v) is 7.03. The van der Waals surface area contributed by atoms with Gasteiger partial charge in [-0.1, -0.05) is 116 Å². The molecule has 3 aromatic rings. The van der Waals surface area contributed by atoms with Gasteiger partial charge in [0.2, 0.25) is 0 Å². The standard InChI is InChI=1S/C25H24Si/c1-26(2,3)24-18-23(21-16-10-11-17-22(21)24)25(19-12-6-4-7-13-19)20-14-8-5-9-15-20/h4-18H,1-3H3. The smallest absolute Gasteiger partial charge is 0.0656 e. The molecule has 0 fully saturated rings. The van der Waals surface area contributed by atoms with Crippen molar-refractivity contribution in [1.29, 1.82) is 0 Å². The highest BCUT2D eigenvalue weighted by atomic mass is 28.3. The van der Waals surface area contributed by atoms with Gasteiger partial charge in [0.05, 0.1) is 8.07 Å². The van der Waals surface area contributed by atoms with Crippen molar-refractivity contribution in [2.45, 2.75) is 19.6 Å². The van der Waals surface area contributed by atoms with Gasteiger partial charge in [-0.2, -0.15) is 0 Å². The summed E-state index contributed by atoms with van der Waals surface area (Å²) in [5.74, 6) is 0. The number of hydrogen-bond donors (Lipinski definition) is 0. The van der Waals surface area contributed by atoms with Crippen molar-refractivity contribution < 1.29 is 0 Å². The van der Waals surface area contributed by atoms with Crippen LogP contribution in [0.1, 0.15) is 22.3 Å². The first-order valence-corrected chi connectivity index (χ1v) is 12.7. The molecule has 0 aromatic heterocycles. The van der Waals surface area contributed by atoms with E-state index in [-0.39, 0.29) is 0 Å². The Balaban J connectivity index is 2.06. The molecule has 0 saturated heterocycles. The lowest BCUT2D eigenvalue weighted by Gasteiger charge is -2.18. The summed E-state index contributed by atoms with van der Waals surface area (Å²) in [5, 5.41) is 1.55. The van der Waals surface area contributed by atoms with Crippen LogP contribution in [-0.2, 0) is 0 Å². The SMILES string of the molecule is C[Si](C)(C)C1=CC(=C(c2ccccc2)c2ccccc2)c2ccccc21. The Labute approximate surface area is 157 Å². The Hall–Kier alpha value is -2.64. The number of hydrogen-bond acceptors (Lipinski definition) is 0. The van der Waals surface area contributed by atoms with E-state index in [1.165, 1.54) is 33.4 Å². The fraction of sp³-hybridized carbons (Fsp3) is 0.120. The summed E-state index contributed by atoms with van der Waals surface area (Å²) in [6.45, 7) is 7.30. The van der Waals surface area contributed by atoms with Crippen molar-refractivity contribution in [2.75, 3.05) is 0 Å². The van der Waals surface area contributed by atoms with E-state index < -0.39 is 8.07 Å². The average molecular weight is 353 g/mol. The van der Waals surface area contributed by atoms with Crippen LogP contribution in [0.2, 0.25) is 19.6 Å². The van der Waals surface area contributed by atoms with Crippen LogP contribution in [0.4, 0.5) is 0 Å². The lowest BCUT2D eigenvalue weighted by atomic mass is 9.90. The summed E-state index contributed by atoms with van der Waals surface area (Å²) in [6.07, 6.45) is 2.46. The van der Waals surface area contributed by atoms with E-state index >= 15 is 0 Å². The van der Waals surface area contributed by atoms with Crippen molar-refractivity contribution in [3.05, 3.63) is 113 Å². The molecule has 26 heavy (non-hydrogen) atoms. The molecule has 0 heterocycles. The number of rotatable bonds is 3. The Bertz CT molecular complexity index is 946. The quantitative estimate of drug-likeness (QED) is 0.449. The molecule has 0 unspecified atom stereocenters. The van der Waals surface area contributed by atoms with E-state index in [1.807, 2.05) is 0 Å². The molecule has 0 aliphatic heterocycles. The van der Waals surface area contributed by atoms with E-state index in [0.29, 0.717) is 0 Å². The maximum Gasteiger partial charge on any atom is 0.0784 e. The van der Waals surface area contributed by atoms with Gasteiger partial charge in [0.15, 0.2) is 0 Å². The molecule has 0 amide bonds. The Morgan fingerprint density at radius 1 is 0.577 bits per heavy atom. The van der Waals surface area contributed by atoms with Crippen LogP contribution in [0.5, 0.6) is 0 Å². The first-order valence-electron chi connectivity index (χ1n) is 9.23. The molecule has 0 saturated carbocycles. The van der Waals surface area contributed by atoms with Gasteiger partial charge in [0.25, 0.3) is 0 Å². The van der Waals surface area contributed by atoms with Crippen LogP contribution in [0, 0.1) is 0 Å². The van der Waals surface area contributed by atoms with E-state index in [2.05, 4.69) is 111 Å². The Kier molecular flexibility index (Phi) is 4.26. The highest BCUT2D eigenvalue weighted by molar-refractivity contribution is 6.94.